The second-order valence-electron chi connectivity index (χ2n) is 5.93. The molecular formula is C17H27NO. The Morgan fingerprint density at radius 1 is 1.32 bits per heavy atom. The third kappa shape index (κ3) is 3.80. The molecule has 2 heteroatoms. The first-order chi connectivity index (χ1) is 9.10. The standard InChI is InChI=1S/C17H27NO/c1-5-18-17(16-9-14(4)19-11-16)10-15-7-6-12(2)13(3)8-15/h6-8,14,16-18H,5,9-11H2,1-4H3. The molecule has 0 aliphatic carbocycles. The van der Waals surface area contributed by atoms with Crippen molar-refractivity contribution in [3.63, 3.8) is 0 Å². The number of likely N-dealkylation sites (N-methyl/N-ethyl adjacent to an activating group) is 1. The molecule has 0 aromatic heterocycles. The third-order valence-electron chi connectivity index (χ3n) is 4.29. The van der Waals surface area contributed by atoms with Crippen molar-refractivity contribution in [3.8, 4) is 0 Å². The minimum atomic E-state index is 0.422. The Labute approximate surface area is 117 Å². The van der Waals surface area contributed by atoms with Gasteiger partial charge in [0.25, 0.3) is 0 Å². The first-order valence-corrected chi connectivity index (χ1v) is 7.51. The Bertz CT molecular complexity index is 416. The van der Waals surface area contributed by atoms with Crippen LogP contribution in [0.4, 0.5) is 0 Å². The zero-order chi connectivity index (χ0) is 13.8. The summed E-state index contributed by atoms with van der Waals surface area (Å²) in [4.78, 5) is 0. The van der Waals surface area contributed by atoms with Crippen molar-refractivity contribution in [1.82, 2.24) is 5.32 Å². The van der Waals surface area contributed by atoms with Crippen molar-refractivity contribution >= 4 is 0 Å². The molecule has 106 valence electrons. The van der Waals surface area contributed by atoms with E-state index in [4.69, 9.17) is 4.74 Å². The number of ether oxygens (including phenoxy) is 1. The van der Waals surface area contributed by atoms with Crippen LogP contribution in [-0.4, -0.2) is 25.3 Å². The summed E-state index contributed by atoms with van der Waals surface area (Å²) >= 11 is 0. The number of benzene rings is 1. The SMILES string of the molecule is CCNC(Cc1ccc(C)c(C)c1)C1COC(C)C1. The van der Waals surface area contributed by atoms with Crippen LogP contribution in [0.15, 0.2) is 18.2 Å². The molecule has 1 heterocycles. The molecule has 1 aromatic rings. The van der Waals surface area contributed by atoms with Gasteiger partial charge in [-0.1, -0.05) is 25.1 Å². The topological polar surface area (TPSA) is 21.3 Å². The van der Waals surface area contributed by atoms with Gasteiger partial charge in [0.2, 0.25) is 0 Å². The summed E-state index contributed by atoms with van der Waals surface area (Å²) in [5.41, 5.74) is 4.21. The molecule has 2 nitrogen and oxygen atoms in total. The summed E-state index contributed by atoms with van der Waals surface area (Å²) in [6, 6.07) is 7.38. The van der Waals surface area contributed by atoms with Crippen LogP contribution in [0.2, 0.25) is 0 Å². The van der Waals surface area contributed by atoms with Gasteiger partial charge in [-0.2, -0.15) is 0 Å². The molecule has 1 N–H and O–H groups in total. The van der Waals surface area contributed by atoms with Gasteiger partial charge in [-0.3, -0.25) is 0 Å². The molecule has 19 heavy (non-hydrogen) atoms. The second kappa shape index (κ2) is 6.53. The van der Waals surface area contributed by atoms with Gasteiger partial charge in [0.05, 0.1) is 12.7 Å². The molecule has 1 saturated heterocycles. The van der Waals surface area contributed by atoms with Gasteiger partial charge in [0.1, 0.15) is 0 Å². The molecule has 0 saturated carbocycles. The number of hydrogen-bond donors (Lipinski definition) is 1. The Hall–Kier alpha value is -0.860. The lowest BCUT2D eigenvalue weighted by Gasteiger charge is -2.24. The zero-order valence-electron chi connectivity index (χ0n) is 12.7. The summed E-state index contributed by atoms with van der Waals surface area (Å²) < 4.78 is 5.73. The molecule has 1 fully saturated rings. The predicted octanol–water partition coefficient (Wildman–Crippen LogP) is 3.25. The van der Waals surface area contributed by atoms with Crippen LogP contribution >= 0.6 is 0 Å². The summed E-state index contributed by atoms with van der Waals surface area (Å²) in [7, 11) is 0. The first-order valence-electron chi connectivity index (χ1n) is 7.51. The molecule has 0 bridgehead atoms. The molecular weight excluding hydrogens is 234 g/mol. The largest absolute Gasteiger partial charge is 0.378 e. The lowest BCUT2D eigenvalue weighted by Crippen LogP contribution is -2.38. The lowest BCUT2D eigenvalue weighted by atomic mass is 9.90. The summed E-state index contributed by atoms with van der Waals surface area (Å²) in [5, 5.41) is 3.65. The van der Waals surface area contributed by atoms with Crippen molar-refractivity contribution in [3.05, 3.63) is 34.9 Å². The average Bonchev–Trinajstić information content (AvgIpc) is 2.80. The van der Waals surface area contributed by atoms with Crippen LogP contribution in [0.1, 0.15) is 37.0 Å². The Morgan fingerprint density at radius 3 is 2.68 bits per heavy atom. The monoisotopic (exact) mass is 261 g/mol. The molecule has 3 unspecified atom stereocenters. The summed E-state index contributed by atoms with van der Waals surface area (Å²) in [5.74, 6) is 0.650. The fraction of sp³-hybridized carbons (Fsp3) is 0.647. The highest BCUT2D eigenvalue weighted by Gasteiger charge is 2.29. The quantitative estimate of drug-likeness (QED) is 0.878. The maximum Gasteiger partial charge on any atom is 0.0551 e. The number of rotatable bonds is 5. The molecule has 1 aliphatic heterocycles. The van der Waals surface area contributed by atoms with E-state index in [1.54, 1.807) is 0 Å². The molecule has 0 amide bonds. The lowest BCUT2D eigenvalue weighted by molar-refractivity contribution is 0.117. The second-order valence-corrected chi connectivity index (χ2v) is 5.93. The molecule has 1 aliphatic rings. The smallest absolute Gasteiger partial charge is 0.0551 e. The molecule has 1 aromatic carbocycles. The molecule has 0 radical (unpaired) electrons. The number of nitrogens with one attached hydrogen (secondary N) is 1. The van der Waals surface area contributed by atoms with Gasteiger partial charge in [0, 0.05) is 12.0 Å². The van der Waals surface area contributed by atoms with Gasteiger partial charge < -0.3 is 10.1 Å². The van der Waals surface area contributed by atoms with Crippen molar-refractivity contribution in [2.24, 2.45) is 5.92 Å². The predicted molar refractivity (Wildman–Crippen MR) is 80.6 cm³/mol. The highest BCUT2D eigenvalue weighted by Crippen LogP contribution is 2.25. The highest BCUT2D eigenvalue weighted by molar-refractivity contribution is 5.30. The number of hydrogen-bond acceptors (Lipinski definition) is 2. The van der Waals surface area contributed by atoms with Gasteiger partial charge in [-0.15, -0.1) is 0 Å². The minimum Gasteiger partial charge on any atom is -0.378 e. The normalized spacial score (nSPS) is 24.6. The van der Waals surface area contributed by atoms with Gasteiger partial charge >= 0.3 is 0 Å². The van der Waals surface area contributed by atoms with E-state index in [0.29, 0.717) is 18.1 Å². The van der Waals surface area contributed by atoms with Gasteiger partial charge in [0.15, 0.2) is 0 Å². The Kier molecular flexibility index (Phi) is 5.00. The van der Waals surface area contributed by atoms with E-state index in [9.17, 15) is 0 Å². The van der Waals surface area contributed by atoms with Crippen LogP contribution in [0.25, 0.3) is 0 Å². The van der Waals surface area contributed by atoms with E-state index < -0.39 is 0 Å². The van der Waals surface area contributed by atoms with Crippen LogP contribution in [0.3, 0.4) is 0 Å². The van der Waals surface area contributed by atoms with Crippen molar-refractivity contribution in [2.45, 2.75) is 52.7 Å². The van der Waals surface area contributed by atoms with E-state index >= 15 is 0 Å². The van der Waals surface area contributed by atoms with E-state index in [1.807, 2.05) is 0 Å². The fourth-order valence-electron chi connectivity index (χ4n) is 2.98. The van der Waals surface area contributed by atoms with Crippen LogP contribution in [0, 0.1) is 19.8 Å². The van der Waals surface area contributed by atoms with E-state index in [2.05, 4.69) is 51.2 Å². The van der Waals surface area contributed by atoms with E-state index in [0.717, 1.165) is 19.6 Å². The number of aryl methyl sites for hydroxylation is 2. The molecule has 0 spiro atoms. The van der Waals surface area contributed by atoms with Gasteiger partial charge in [-0.05, 0) is 56.8 Å². The van der Waals surface area contributed by atoms with Crippen molar-refractivity contribution in [1.29, 1.82) is 0 Å². The Morgan fingerprint density at radius 2 is 2.11 bits per heavy atom. The Balaban J connectivity index is 2.05. The van der Waals surface area contributed by atoms with Crippen molar-refractivity contribution < 1.29 is 4.74 Å². The molecule has 2 rings (SSSR count). The van der Waals surface area contributed by atoms with Crippen LogP contribution in [-0.2, 0) is 11.2 Å². The van der Waals surface area contributed by atoms with Gasteiger partial charge in [-0.25, -0.2) is 0 Å². The maximum absolute atomic E-state index is 5.73. The highest BCUT2D eigenvalue weighted by atomic mass is 16.5. The van der Waals surface area contributed by atoms with Crippen molar-refractivity contribution in [2.75, 3.05) is 13.2 Å². The zero-order valence-corrected chi connectivity index (χ0v) is 12.7. The summed E-state index contributed by atoms with van der Waals surface area (Å²) in [6.45, 7) is 10.7. The maximum atomic E-state index is 5.73. The first kappa shape index (κ1) is 14.5. The van der Waals surface area contributed by atoms with E-state index in [1.165, 1.54) is 23.1 Å². The van der Waals surface area contributed by atoms with Crippen LogP contribution in [0.5, 0.6) is 0 Å². The van der Waals surface area contributed by atoms with E-state index in [-0.39, 0.29) is 0 Å². The minimum absolute atomic E-state index is 0.422. The third-order valence-corrected chi connectivity index (χ3v) is 4.29. The van der Waals surface area contributed by atoms with Crippen LogP contribution < -0.4 is 5.32 Å². The average molecular weight is 261 g/mol. The molecule has 3 atom stereocenters. The summed E-state index contributed by atoms with van der Waals surface area (Å²) in [6.07, 6.45) is 2.71. The fourth-order valence-corrected chi connectivity index (χ4v) is 2.98.